The van der Waals surface area contributed by atoms with E-state index in [2.05, 4.69) is 35.3 Å². The second-order valence-corrected chi connectivity index (χ2v) is 5.98. The van der Waals surface area contributed by atoms with Crippen LogP contribution in [0, 0.1) is 6.92 Å². The molecule has 2 aliphatic heterocycles. The van der Waals surface area contributed by atoms with Crippen LogP contribution in [0.15, 0.2) is 18.2 Å². The van der Waals surface area contributed by atoms with Crippen molar-refractivity contribution in [2.75, 3.05) is 44.3 Å². The van der Waals surface area contributed by atoms with Gasteiger partial charge in [0.1, 0.15) is 12.4 Å². The summed E-state index contributed by atoms with van der Waals surface area (Å²) in [5.74, 6) is 0.959. The number of ether oxygens (including phenoxy) is 2. The van der Waals surface area contributed by atoms with Gasteiger partial charge < -0.3 is 19.7 Å². The highest BCUT2D eigenvalue weighted by atomic mass is 16.5. The molecule has 1 unspecified atom stereocenters. The molecule has 0 spiro atoms. The summed E-state index contributed by atoms with van der Waals surface area (Å²) < 4.78 is 11.6. The third kappa shape index (κ3) is 3.89. The lowest BCUT2D eigenvalue weighted by molar-refractivity contribution is -0.0110. The fraction of sp³-hybridized carbons (Fsp3) is 0.647. The number of aryl methyl sites for hydroxylation is 1. The van der Waals surface area contributed by atoms with Gasteiger partial charge in [-0.25, -0.2) is 0 Å². The lowest BCUT2D eigenvalue weighted by atomic mass is 10.1. The summed E-state index contributed by atoms with van der Waals surface area (Å²) in [7, 11) is 0. The molecular weight excluding hydrogens is 264 g/mol. The molecule has 1 N–H and O–H groups in total. The largest absolute Gasteiger partial charge is 0.491 e. The second-order valence-electron chi connectivity index (χ2n) is 5.98. The Labute approximate surface area is 127 Å². The summed E-state index contributed by atoms with van der Waals surface area (Å²) >= 11 is 0. The number of benzene rings is 1. The number of anilines is 1. The first-order valence-corrected chi connectivity index (χ1v) is 8.13. The molecule has 0 aliphatic carbocycles. The van der Waals surface area contributed by atoms with Crippen LogP contribution in [0.2, 0.25) is 0 Å². The van der Waals surface area contributed by atoms with Crippen LogP contribution in [0.4, 0.5) is 5.69 Å². The van der Waals surface area contributed by atoms with Crippen molar-refractivity contribution in [3.63, 3.8) is 0 Å². The number of hydrogen-bond acceptors (Lipinski definition) is 4. The van der Waals surface area contributed by atoms with Crippen LogP contribution < -0.4 is 15.0 Å². The molecule has 2 fully saturated rings. The van der Waals surface area contributed by atoms with E-state index in [1.165, 1.54) is 24.1 Å². The lowest BCUT2D eigenvalue weighted by Gasteiger charge is -2.31. The van der Waals surface area contributed by atoms with E-state index in [-0.39, 0.29) is 6.10 Å². The predicted octanol–water partition coefficient (Wildman–Crippen LogP) is 2.35. The molecule has 1 atom stereocenters. The van der Waals surface area contributed by atoms with E-state index >= 15 is 0 Å². The van der Waals surface area contributed by atoms with Gasteiger partial charge in [-0.2, -0.15) is 0 Å². The van der Waals surface area contributed by atoms with Crippen LogP contribution in [-0.2, 0) is 4.74 Å². The summed E-state index contributed by atoms with van der Waals surface area (Å²) in [6.07, 6.45) is 3.84. The quantitative estimate of drug-likeness (QED) is 0.923. The van der Waals surface area contributed by atoms with Crippen molar-refractivity contribution in [2.45, 2.75) is 32.3 Å². The molecule has 0 radical (unpaired) electrons. The van der Waals surface area contributed by atoms with Gasteiger partial charge in [0, 0.05) is 38.5 Å². The first kappa shape index (κ1) is 14.7. The van der Waals surface area contributed by atoms with E-state index in [1.807, 2.05) is 0 Å². The first-order valence-electron chi connectivity index (χ1n) is 8.13. The third-order valence-corrected chi connectivity index (χ3v) is 4.34. The monoisotopic (exact) mass is 290 g/mol. The van der Waals surface area contributed by atoms with E-state index in [0.29, 0.717) is 6.61 Å². The number of nitrogens with one attached hydrogen (secondary N) is 1. The average molecular weight is 290 g/mol. The molecule has 2 saturated heterocycles. The minimum Gasteiger partial charge on any atom is -0.491 e. The number of hydrogen-bond donors (Lipinski definition) is 1. The fourth-order valence-corrected chi connectivity index (χ4v) is 3.11. The number of piperazine rings is 1. The van der Waals surface area contributed by atoms with Crippen molar-refractivity contribution >= 4 is 5.69 Å². The Bertz CT molecular complexity index is 452. The highest BCUT2D eigenvalue weighted by Crippen LogP contribution is 2.25. The number of nitrogens with zero attached hydrogens (tertiary/aromatic N) is 1. The van der Waals surface area contributed by atoms with E-state index in [1.54, 1.807) is 0 Å². The highest BCUT2D eigenvalue weighted by molar-refractivity contribution is 5.56. The summed E-state index contributed by atoms with van der Waals surface area (Å²) in [5.41, 5.74) is 2.62. The molecule has 0 bridgehead atoms. The lowest BCUT2D eigenvalue weighted by Crippen LogP contribution is -2.43. The molecule has 4 heteroatoms. The summed E-state index contributed by atoms with van der Waals surface area (Å²) in [6.45, 7) is 8.02. The van der Waals surface area contributed by atoms with Gasteiger partial charge >= 0.3 is 0 Å². The molecular formula is C17H26N2O2. The van der Waals surface area contributed by atoms with Crippen LogP contribution in [0.25, 0.3) is 0 Å². The van der Waals surface area contributed by atoms with Crippen molar-refractivity contribution in [3.8, 4) is 5.75 Å². The molecule has 0 amide bonds. The van der Waals surface area contributed by atoms with Gasteiger partial charge in [-0.05, 0) is 49.9 Å². The van der Waals surface area contributed by atoms with E-state index in [4.69, 9.17) is 9.47 Å². The molecule has 1 aromatic carbocycles. The van der Waals surface area contributed by atoms with Crippen molar-refractivity contribution in [2.24, 2.45) is 0 Å². The standard InChI is InChI=1S/C17H26N2O2/c1-14-12-15(21-13-16-4-2-3-11-20-16)5-6-17(14)19-9-7-18-8-10-19/h5-6,12,16,18H,2-4,7-11,13H2,1H3. The third-order valence-electron chi connectivity index (χ3n) is 4.34. The molecule has 4 nitrogen and oxygen atoms in total. The van der Waals surface area contributed by atoms with Crippen LogP contribution in [-0.4, -0.2) is 45.5 Å². The van der Waals surface area contributed by atoms with Crippen LogP contribution >= 0.6 is 0 Å². The minimum atomic E-state index is 0.270. The average Bonchev–Trinajstić information content (AvgIpc) is 2.55. The van der Waals surface area contributed by atoms with Crippen molar-refractivity contribution in [1.29, 1.82) is 0 Å². The molecule has 21 heavy (non-hydrogen) atoms. The van der Waals surface area contributed by atoms with Gasteiger partial charge in [-0.15, -0.1) is 0 Å². The van der Waals surface area contributed by atoms with Gasteiger partial charge in [0.05, 0.1) is 6.10 Å². The molecule has 116 valence electrons. The van der Waals surface area contributed by atoms with Gasteiger partial charge in [0.15, 0.2) is 0 Å². The van der Waals surface area contributed by atoms with Crippen molar-refractivity contribution in [3.05, 3.63) is 23.8 Å². The second kappa shape index (κ2) is 7.14. The smallest absolute Gasteiger partial charge is 0.119 e. The predicted molar refractivity (Wildman–Crippen MR) is 85.3 cm³/mol. The zero-order valence-corrected chi connectivity index (χ0v) is 12.9. The molecule has 0 saturated carbocycles. The van der Waals surface area contributed by atoms with Crippen molar-refractivity contribution < 1.29 is 9.47 Å². The maximum Gasteiger partial charge on any atom is 0.119 e. The van der Waals surface area contributed by atoms with Crippen LogP contribution in [0.1, 0.15) is 24.8 Å². The zero-order valence-electron chi connectivity index (χ0n) is 12.9. The normalized spacial score (nSPS) is 23.1. The van der Waals surface area contributed by atoms with Crippen molar-refractivity contribution in [1.82, 2.24) is 5.32 Å². The fourth-order valence-electron chi connectivity index (χ4n) is 3.11. The van der Waals surface area contributed by atoms with E-state index in [0.717, 1.165) is 45.0 Å². The molecule has 2 aliphatic rings. The Balaban J connectivity index is 1.58. The minimum absolute atomic E-state index is 0.270. The summed E-state index contributed by atoms with van der Waals surface area (Å²) in [5, 5.41) is 3.39. The summed E-state index contributed by atoms with van der Waals surface area (Å²) in [4.78, 5) is 2.44. The molecule has 1 aromatic rings. The SMILES string of the molecule is Cc1cc(OCC2CCCCO2)ccc1N1CCNCC1. The van der Waals surface area contributed by atoms with Gasteiger partial charge in [-0.1, -0.05) is 0 Å². The topological polar surface area (TPSA) is 33.7 Å². The number of rotatable bonds is 4. The maximum absolute atomic E-state index is 5.91. The first-order chi connectivity index (χ1) is 10.3. The zero-order chi connectivity index (χ0) is 14.5. The van der Waals surface area contributed by atoms with Gasteiger partial charge in [0.25, 0.3) is 0 Å². The maximum atomic E-state index is 5.91. The Morgan fingerprint density at radius 1 is 1.29 bits per heavy atom. The van der Waals surface area contributed by atoms with Gasteiger partial charge in [-0.3, -0.25) is 0 Å². The van der Waals surface area contributed by atoms with E-state index < -0.39 is 0 Å². The van der Waals surface area contributed by atoms with Crippen LogP contribution in [0.5, 0.6) is 5.75 Å². The highest BCUT2D eigenvalue weighted by Gasteiger charge is 2.16. The van der Waals surface area contributed by atoms with Crippen LogP contribution in [0.3, 0.4) is 0 Å². The van der Waals surface area contributed by atoms with E-state index in [9.17, 15) is 0 Å². The molecule has 3 rings (SSSR count). The molecule has 2 heterocycles. The van der Waals surface area contributed by atoms with Gasteiger partial charge in [0.2, 0.25) is 0 Å². The Morgan fingerprint density at radius 2 is 2.14 bits per heavy atom. The summed E-state index contributed by atoms with van der Waals surface area (Å²) in [6, 6.07) is 6.44. The Hall–Kier alpha value is -1.26. The Morgan fingerprint density at radius 3 is 2.86 bits per heavy atom. The molecule has 0 aromatic heterocycles. The Kier molecular flexibility index (Phi) is 4.99.